The van der Waals surface area contributed by atoms with Gasteiger partial charge in [-0.3, -0.25) is 9.59 Å². The second kappa shape index (κ2) is 8.73. The smallest absolute Gasteiger partial charge is 0.274 e. The second-order valence-corrected chi connectivity index (χ2v) is 4.97. The van der Waals surface area contributed by atoms with Crippen molar-refractivity contribution in [2.45, 2.75) is 6.42 Å². The quantitative estimate of drug-likeness (QED) is 0.763. The Bertz CT molecular complexity index is 704. The molecule has 0 unspecified atom stereocenters. The summed E-state index contributed by atoms with van der Waals surface area (Å²) in [5, 5.41) is 5.30. The minimum Gasteiger partial charge on any atom is -0.385 e. The number of pyridine rings is 1. The van der Waals surface area contributed by atoms with Crippen molar-refractivity contribution in [3.8, 4) is 0 Å². The summed E-state index contributed by atoms with van der Waals surface area (Å²) < 4.78 is 17.8. The molecule has 1 aromatic carbocycles. The molecule has 0 saturated carbocycles. The summed E-state index contributed by atoms with van der Waals surface area (Å²) in [6.45, 7) is 1.01. The van der Waals surface area contributed by atoms with E-state index in [1.807, 2.05) is 0 Å². The third-order valence-corrected chi connectivity index (χ3v) is 3.13. The van der Waals surface area contributed by atoms with E-state index >= 15 is 0 Å². The third-order valence-electron chi connectivity index (χ3n) is 3.13. The van der Waals surface area contributed by atoms with Gasteiger partial charge in [0.1, 0.15) is 17.2 Å². The van der Waals surface area contributed by atoms with Crippen LogP contribution >= 0.6 is 0 Å². The number of anilines is 1. The second-order valence-electron chi connectivity index (χ2n) is 4.97. The summed E-state index contributed by atoms with van der Waals surface area (Å²) >= 11 is 0. The fourth-order valence-corrected chi connectivity index (χ4v) is 1.92. The zero-order chi connectivity index (χ0) is 17.4. The van der Waals surface area contributed by atoms with Crippen molar-refractivity contribution in [1.82, 2.24) is 10.3 Å². The van der Waals surface area contributed by atoms with Crippen molar-refractivity contribution in [2.24, 2.45) is 0 Å². The number of carbonyl (C=O) groups is 2. The van der Waals surface area contributed by atoms with Gasteiger partial charge in [-0.1, -0.05) is 6.07 Å². The summed E-state index contributed by atoms with van der Waals surface area (Å²) in [6.07, 6.45) is 0.687. The molecule has 2 N–H and O–H groups in total. The van der Waals surface area contributed by atoms with Crippen LogP contribution in [0, 0.1) is 5.82 Å². The molecule has 0 spiro atoms. The summed E-state index contributed by atoms with van der Waals surface area (Å²) in [5.74, 6) is -1.23. The van der Waals surface area contributed by atoms with Crippen LogP contribution in [0.5, 0.6) is 0 Å². The molecular formula is C17H18FN3O3. The van der Waals surface area contributed by atoms with Crippen LogP contribution in [-0.2, 0) is 4.74 Å². The van der Waals surface area contributed by atoms with E-state index in [9.17, 15) is 14.0 Å². The van der Waals surface area contributed by atoms with Gasteiger partial charge in [0.15, 0.2) is 0 Å². The van der Waals surface area contributed by atoms with Gasteiger partial charge in [0.25, 0.3) is 11.8 Å². The van der Waals surface area contributed by atoms with Crippen molar-refractivity contribution < 1.29 is 18.7 Å². The van der Waals surface area contributed by atoms with Crippen molar-refractivity contribution in [1.29, 1.82) is 0 Å². The minimum atomic E-state index is -0.476. The van der Waals surface area contributed by atoms with Crippen LogP contribution in [0.2, 0.25) is 0 Å². The molecule has 0 aliphatic rings. The van der Waals surface area contributed by atoms with Crippen LogP contribution in [-0.4, -0.2) is 37.1 Å². The highest BCUT2D eigenvalue weighted by molar-refractivity contribution is 6.03. The van der Waals surface area contributed by atoms with Gasteiger partial charge in [-0.05, 0) is 42.8 Å². The van der Waals surface area contributed by atoms with Crippen LogP contribution in [0.15, 0.2) is 42.5 Å². The highest BCUT2D eigenvalue weighted by atomic mass is 19.1. The monoisotopic (exact) mass is 331 g/mol. The highest BCUT2D eigenvalue weighted by Crippen LogP contribution is 2.10. The Morgan fingerprint density at radius 1 is 1.08 bits per heavy atom. The molecule has 0 aliphatic carbocycles. The number of rotatable bonds is 7. The number of ether oxygens (including phenoxy) is 1. The van der Waals surface area contributed by atoms with E-state index in [2.05, 4.69) is 15.6 Å². The van der Waals surface area contributed by atoms with Gasteiger partial charge in [0.05, 0.1) is 0 Å². The number of hydrogen-bond donors (Lipinski definition) is 2. The lowest BCUT2D eigenvalue weighted by Crippen LogP contribution is -2.27. The van der Waals surface area contributed by atoms with Crippen molar-refractivity contribution >= 4 is 17.5 Å². The summed E-state index contributed by atoms with van der Waals surface area (Å²) in [4.78, 5) is 28.2. The van der Waals surface area contributed by atoms with Gasteiger partial charge in [0.2, 0.25) is 0 Å². The minimum absolute atomic E-state index is 0.101. The van der Waals surface area contributed by atoms with E-state index in [1.165, 1.54) is 36.4 Å². The molecule has 0 saturated heterocycles. The SMILES string of the molecule is COCCCNC(=O)c1cccc(C(=O)Nc2ccc(F)cc2)n1. The Labute approximate surface area is 139 Å². The third kappa shape index (κ3) is 5.13. The summed E-state index contributed by atoms with van der Waals surface area (Å²) in [7, 11) is 1.59. The number of amides is 2. The molecule has 126 valence electrons. The van der Waals surface area contributed by atoms with E-state index in [4.69, 9.17) is 4.74 Å². The number of carbonyl (C=O) groups excluding carboxylic acids is 2. The lowest BCUT2D eigenvalue weighted by molar-refractivity contribution is 0.0943. The first-order valence-corrected chi connectivity index (χ1v) is 7.41. The molecule has 2 rings (SSSR count). The number of benzene rings is 1. The van der Waals surface area contributed by atoms with Gasteiger partial charge in [-0.2, -0.15) is 0 Å². The number of nitrogens with one attached hydrogen (secondary N) is 2. The van der Waals surface area contributed by atoms with Crippen molar-refractivity contribution in [3.05, 3.63) is 59.7 Å². The Morgan fingerprint density at radius 3 is 2.42 bits per heavy atom. The molecule has 2 amide bonds. The molecule has 2 aromatic rings. The Hall–Kier alpha value is -2.80. The Balaban J connectivity index is 1.99. The van der Waals surface area contributed by atoms with Crippen molar-refractivity contribution in [3.63, 3.8) is 0 Å². The van der Waals surface area contributed by atoms with Gasteiger partial charge in [-0.15, -0.1) is 0 Å². The Morgan fingerprint density at radius 2 is 1.75 bits per heavy atom. The maximum Gasteiger partial charge on any atom is 0.274 e. The van der Waals surface area contributed by atoms with E-state index in [-0.39, 0.29) is 17.3 Å². The van der Waals surface area contributed by atoms with Crippen LogP contribution in [0.1, 0.15) is 27.4 Å². The first kappa shape index (κ1) is 17.6. The molecule has 0 bridgehead atoms. The zero-order valence-electron chi connectivity index (χ0n) is 13.2. The standard InChI is InChI=1S/C17H18FN3O3/c1-24-11-3-10-19-16(22)14-4-2-5-15(21-14)17(23)20-13-8-6-12(18)7-9-13/h2,4-9H,3,10-11H2,1H3,(H,19,22)(H,20,23). The predicted molar refractivity (Wildman–Crippen MR) is 87.4 cm³/mol. The average molecular weight is 331 g/mol. The molecule has 0 fully saturated rings. The van der Waals surface area contributed by atoms with E-state index < -0.39 is 11.7 Å². The maximum atomic E-state index is 12.9. The number of nitrogens with zero attached hydrogens (tertiary/aromatic N) is 1. The zero-order valence-corrected chi connectivity index (χ0v) is 13.2. The van der Waals surface area contributed by atoms with E-state index in [0.717, 1.165) is 0 Å². The van der Waals surface area contributed by atoms with Gasteiger partial charge < -0.3 is 15.4 Å². The molecule has 7 heteroatoms. The normalized spacial score (nSPS) is 10.2. The first-order chi connectivity index (χ1) is 11.6. The van der Waals surface area contributed by atoms with Crippen molar-refractivity contribution in [2.75, 3.05) is 25.6 Å². The van der Waals surface area contributed by atoms with Crippen LogP contribution in [0.4, 0.5) is 10.1 Å². The fourth-order valence-electron chi connectivity index (χ4n) is 1.92. The molecule has 0 aliphatic heterocycles. The number of methoxy groups -OCH3 is 1. The lowest BCUT2D eigenvalue weighted by Gasteiger charge is -2.07. The topological polar surface area (TPSA) is 80.3 Å². The van der Waals surface area contributed by atoms with Crippen LogP contribution in [0.25, 0.3) is 0 Å². The molecule has 6 nitrogen and oxygen atoms in total. The number of halogens is 1. The number of hydrogen-bond acceptors (Lipinski definition) is 4. The molecule has 0 radical (unpaired) electrons. The van der Waals surface area contributed by atoms with E-state index in [1.54, 1.807) is 13.2 Å². The van der Waals surface area contributed by atoms with Crippen LogP contribution < -0.4 is 10.6 Å². The summed E-state index contributed by atoms with van der Waals surface area (Å²) in [6, 6.07) is 9.98. The molecular weight excluding hydrogens is 313 g/mol. The summed E-state index contributed by atoms with van der Waals surface area (Å²) in [5.41, 5.74) is 0.695. The molecule has 1 aromatic heterocycles. The molecule has 1 heterocycles. The predicted octanol–water partition coefficient (Wildman–Crippen LogP) is 2.24. The maximum absolute atomic E-state index is 12.9. The van der Waals surface area contributed by atoms with Crippen LogP contribution in [0.3, 0.4) is 0 Å². The van der Waals surface area contributed by atoms with E-state index in [0.29, 0.717) is 25.3 Å². The van der Waals surface area contributed by atoms with Gasteiger partial charge >= 0.3 is 0 Å². The largest absolute Gasteiger partial charge is 0.385 e. The first-order valence-electron chi connectivity index (χ1n) is 7.41. The van der Waals surface area contributed by atoms with Gasteiger partial charge in [-0.25, -0.2) is 9.37 Å². The lowest BCUT2D eigenvalue weighted by atomic mass is 10.2. The van der Waals surface area contributed by atoms with Gasteiger partial charge in [0, 0.05) is 25.9 Å². The number of aromatic nitrogens is 1. The highest BCUT2D eigenvalue weighted by Gasteiger charge is 2.12. The fraction of sp³-hybridized carbons (Fsp3) is 0.235. The molecule has 24 heavy (non-hydrogen) atoms. The Kier molecular flexibility index (Phi) is 6.39. The molecule has 0 atom stereocenters. The average Bonchev–Trinajstić information content (AvgIpc) is 2.60.